The Balaban J connectivity index is 2.01. The monoisotopic (exact) mass is 259 g/mol. The van der Waals surface area contributed by atoms with Crippen LogP contribution in [0.5, 0.6) is 0 Å². The Labute approximate surface area is 107 Å². The lowest BCUT2D eigenvalue weighted by molar-refractivity contribution is -0.137. The summed E-state index contributed by atoms with van der Waals surface area (Å²) in [5.74, 6) is -0.650. The van der Waals surface area contributed by atoms with E-state index in [2.05, 4.69) is 25.6 Å². The third-order valence-electron chi connectivity index (χ3n) is 2.12. The maximum Gasteiger partial charge on any atom is 0.325 e. The number of aromatic nitrogens is 5. The fraction of sp³-hybridized carbons (Fsp3) is 0.200. The van der Waals surface area contributed by atoms with Crippen LogP contribution in [0.3, 0.4) is 0 Å². The lowest BCUT2D eigenvalue weighted by Crippen LogP contribution is -2.09. The van der Waals surface area contributed by atoms with Crippen molar-refractivity contribution in [1.29, 1.82) is 5.26 Å². The van der Waals surface area contributed by atoms with Crippen molar-refractivity contribution in [3.8, 4) is 6.07 Å². The number of nitrogens with zero attached hydrogens (tertiary/aromatic N) is 6. The van der Waals surface area contributed by atoms with Crippen molar-refractivity contribution in [2.45, 2.75) is 13.1 Å². The topological polar surface area (TPSA) is 130 Å². The molecule has 2 aromatic heterocycles. The summed E-state index contributed by atoms with van der Waals surface area (Å²) in [4.78, 5) is 18.3. The normalized spacial score (nSPS) is 9.84. The standard InChI is InChI=1S/C10H9N7O2/c11-3-8-10(13-2-1-12-8)14-4-7-5-17(16-15-7)6-9(18)19/h1-2,5H,4,6H2,(H,13,14)(H,18,19). The Hall–Kier alpha value is -3.02. The van der Waals surface area contributed by atoms with E-state index < -0.39 is 5.97 Å². The number of hydrogen-bond donors (Lipinski definition) is 2. The number of nitrogens with one attached hydrogen (secondary N) is 1. The molecule has 0 unspecified atom stereocenters. The maximum absolute atomic E-state index is 10.5. The van der Waals surface area contributed by atoms with Crippen LogP contribution in [0.2, 0.25) is 0 Å². The largest absolute Gasteiger partial charge is 0.480 e. The van der Waals surface area contributed by atoms with Crippen molar-refractivity contribution in [3.05, 3.63) is 30.0 Å². The molecule has 0 aliphatic carbocycles. The first-order valence-electron chi connectivity index (χ1n) is 5.25. The molecule has 0 fully saturated rings. The molecule has 0 aliphatic rings. The van der Waals surface area contributed by atoms with Gasteiger partial charge in [0, 0.05) is 12.4 Å². The van der Waals surface area contributed by atoms with Crippen molar-refractivity contribution in [1.82, 2.24) is 25.0 Å². The number of rotatable bonds is 5. The predicted molar refractivity (Wildman–Crippen MR) is 61.7 cm³/mol. The number of carboxylic acid groups (broad SMARTS) is 1. The molecule has 19 heavy (non-hydrogen) atoms. The highest BCUT2D eigenvalue weighted by atomic mass is 16.4. The summed E-state index contributed by atoms with van der Waals surface area (Å²) in [6.07, 6.45) is 4.39. The molecule has 0 aromatic carbocycles. The van der Waals surface area contributed by atoms with Gasteiger partial charge in [0.25, 0.3) is 0 Å². The molecule has 0 bridgehead atoms. The highest BCUT2D eigenvalue weighted by Crippen LogP contribution is 2.07. The van der Waals surface area contributed by atoms with Crippen molar-refractivity contribution >= 4 is 11.8 Å². The van der Waals surface area contributed by atoms with E-state index in [0.717, 1.165) is 0 Å². The van der Waals surface area contributed by atoms with Crippen LogP contribution in [0.4, 0.5) is 5.82 Å². The molecular weight excluding hydrogens is 250 g/mol. The van der Waals surface area contributed by atoms with E-state index in [1.165, 1.54) is 23.3 Å². The molecule has 2 rings (SSSR count). The lowest BCUT2D eigenvalue weighted by atomic mass is 10.4. The quantitative estimate of drug-likeness (QED) is 0.744. The zero-order valence-electron chi connectivity index (χ0n) is 9.69. The summed E-state index contributed by atoms with van der Waals surface area (Å²) in [7, 11) is 0. The van der Waals surface area contributed by atoms with Crippen molar-refractivity contribution < 1.29 is 9.90 Å². The SMILES string of the molecule is N#Cc1nccnc1NCc1cn(CC(=O)O)nn1. The van der Waals surface area contributed by atoms with Crippen LogP contribution < -0.4 is 5.32 Å². The van der Waals surface area contributed by atoms with Gasteiger partial charge in [-0.25, -0.2) is 14.6 Å². The zero-order valence-corrected chi connectivity index (χ0v) is 9.69. The van der Waals surface area contributed by atoms with E-state index in [0.29, 0.717) is 11.5 Å². The van der Waals surface area contributed by atoms with E-state index in [9.17, 15) is 4.79 Å². The van der Waals surface area contributed by atoms with Gasteiger partial charge in [-0.3, -0.25) is 4.79 Å². The number of carbonyl (C=O) groups is 1. The summed E-state index contributed by atoms with van der Waals surface area (Å²) >= 11 is 0. The molecule has 0 saturated carbocycles. The van der Waals surface area contributed by atoms with E-state index in [1.807, 2.05) is 6.07 Å². The van der Waals surface area contributed by atoms with Gasteiger partial charge in [0.1, 0.15) is 18.3 Å². The molecule has 2 heterocycles. The van der Waals surface area contributed by atoms with Crippen molar-refractivity contribution in [2.24, 2.45) is 0 Å². The van der Waals surface area contributed by atoms with Gasteiger partial charge in [-0.2, -0.15) is 5.26 Å². The average molecular weight is 259 g/mol. The first-order chi connectivity index (χ1) is 9.19. The van der Waals surface area contributed by atoms with Gasteiger partial charge >= 0.3 is 5.97 Å². The van der Waals surface area contributed by atoms with Crippen LogP contribution in [0.25, 0.3) is 0 Å². The second-order valence-electron chi connectivity index (χ2n) is 3.52. The molecule has 0 aliphatic heterocycles. The first-order valence-corrected chi connectivity index (χ1v) is 5.25. The van der Waals surface area contributed by atoms with Gasteiger partial charge < -0.3 is 10.4 Å². The minimum absolute atomic E-state index is 0.181. The van der Waals surface area contributed by atoms with E-state index in [1.54, 1.807) is 0 Å². The van der Waals surface area contributed by atoms with Crippen LogP contribution in [-0.2, 0) is 17.9 Å². The number of anilines is 1. The van der Waals surface area contributed by atoms with E-state index >= 15 is 0 Å². The Morgan fingerprint density at radius 3 is 3.00 bits per heavy atom. The molecule has 9 heteroatoms. The summed E-state index contributed by atoms with van der Waals surface area (Å²) in [5, 5.41) is 27.8. The van der Waals surface area contributed by atoms with Crippen molar-refractivity contribution in [2.75, 3.05) is 5.32 Å². The third-order valence-corrected chi connectivity index (χ3v) is 2.12. The molecule has 2 N–H and O–H groups in total. The van der Waals surface area contributed by atoms with Gasteiger partial charge in [-0.1, -0.05) is 5.21 Å². The first kappa shape index (κ1) is 12.4. The molecular formula is C10H9N7O2. The Kier molecular flexibility index (Phi) is 3.63. The lowest BCUT2D eigenvalue weighted by Gasteiger charge is -2.02. The van der Waals surface area contributed by atoms with Crippen LogP contribution in [0, 0.1) is 11.3 Å². The summed E-state index contributed by atoms with van der Waals surface area (Å²) in [6.45, 7) is 0.0224. The van der Waals surface area contributed by atoms with E-state index in [4.69, 9.17) is 10.4 Å². The number of carboxylic acids is 1. The Morgan fingerprint density at radius 1 is 1.47 bits per heavy atom. The fourth-order valence-electron chi connectivity index (χ4n) is 1.36. The van der Waals surface area contributed by atoms with Gasteiger partial charge in [0.15, 0.2) is 11.5 Å². The van der Waals surface area contributed by atoms with Gasteiger partial charge in [0.05, 0.1) is 12.7 Å². The van der Waals surface area contributed by atoms with Gasteiger partial charge in [-0.15, -0.1) is 5.10 Å². The van der Waals surface area contributed by atoms with Crippen LogP contribution in [0.1, 0.15) is 11.4 Å². The summed E-state index contributed by atoms with van der Waals surface area (Å²) in [5.41, 5.74) is 0.719. The molecule has 0 saturated heterocycles. The van der Waals surface area contributed by atoms with E-state index in [-0.39, 0.29) is 18.8 Å². The number of hydrogen-bond acceptors (Lipinski definition) is 7. The van der Waals surface area contributed by atoms with Crippen molar-refractivity contribution in [3.63, 3.8) is 0 Å². The molecule has 0 radical (unpaired) electrons. The maximum atomic E-state index is 10.5. The smallest absolute Gasteiger partial charge is 0.325 e. The molecule has 9 nitrogen and oxygen atoms in total. The Morgan fingerprint density at radius 2 is 2.26 bits per heavy atom. The van der Waals surface area contributed by atoms with Gasteiger partial charge in [0.2, 0.25) is 0 Å². The minimum Gasteiger partial charge on any atom is -0.480 e. The second-order valence-corrected chi connectivity index (χ2v) is 3.52. The Bertz CT molecular complexity index is 631. The highest BCUT2D eigenvalue weighted by Gasteiger charge is 2.07. The summed E-state index contributed by atoms with van der Waals surface area (Å²) in [6, 6.07) is 1.91. The molecule has 0 spiro atoms. The number of aliphatic carboxylic acids is 1. The third kappa shape index (κ3) is 3.22. The molecule has 96 valence electrons. The molecule has 2 aromatic rings. The highest BCUT2D eigenvalue weighted by molar-refractivity contribution is 5.66. The predicted octanol–water partition coefficient (Wildman–Crippen LogP) is -0.364. The van der Waals surface area contributed by atoms with Gasteiger partial charge in [-0.05, 0) is 0 Å². The average Bonchev–Trinajstić information content (AvgIpc) is 2.83. The molecule has 0 atom stereocenters. The fourth-order valence-corrected chi connectivity index (χ4v) is 1.36. The molecule has 0 amide bonds. The zero-order chi connectivity index (χ0) is 13.7. The minimum atomic E-state index is -0.995. The van der Waals surface area contributed by atoms with Crippen LogP contribution in [-0.4, -0.2) is 36.0 Å². The number of nitriles is 1. The van der Waals surface area contributed by atoms with Crippen LogP contribution >= 0.6 is 0 Å². The van der Waals surface area contributed by atoms with Crippen LogP contribution in [0.15, 0.2) is 18.6 Å². The summed E-state index contributed by atoms with van der Waals surface area (Å²) < 4.78 is 1.21. The second kappa shape index (κ2) is 5.54.